The molecule has 4 nitrogen and oxygen atoms in total. The van der Waals surface area contributed by atoms with Gasteiger partial charge in [-0.05, 0) is 35.3 Å². The number of methoxy groups -OCH3 is 1. The zero-order valence-corrected chi connectivity index (χ0v) is 13.8. The van der Waals surface area contributed by atoms with Gasteiger partial charge in [0.25, 0.3) is 0 Å². The number of thiocarbonyl (C=S) groups is 1. The molecule has 0 spiro atoms. The van der Waals surface area contributed by atoms with Gasteiger partial charge in [-0.15, -0.1) is 0 Å². The van der Waals surface area contributed by atoms with Crippen molar-refractivity contribution in [2.24, 2.45) is 11.3 Å². The van der Waals surface area contributed by atoms with Gasteiger partial charge in [0.1, 0.15) is 11.5 Å². The molecule has 0 aromatic heterocycles. The van der Waals surface area contributed by atoms with E-state index in [2.05, 4.69) is 30.6 Å². The van der Waals surface area contributed by atoms with E-state index in [0.29, 0.717) is 11.5 Å². The monoisotopic (exact) mass is 316 g/mol. The number of benzene rings is 1. The fraction of sp³-hybridized carbons (Fsp3) is 0.412. The lowest BCUT2D eigenvalue weighted by molar-refractivity contribution is -0.125. The number of hydrogen-bond donors (Lipinski definition) is 2. The van der Waals surface area contributed by atoms with Crippen LogP contribution in [0.3, 0.4) is 0 Å². The Morgan fingerprint density at radius 1 is 1.27 bits per heavy atom. The highest BCUT2D eigenvalue weighted by atomic mass is 32.1. The van der Waals surface area contributed by atoms with Gasteiger partial charge in [0, 0.05) is 12.1 Å². The van der Waals surface area contributed by atoms with E-state index in [1.165, 1.54) is 0 Å². The molecule has 22 heavy (non-hydrogen) atoms. The first-order chi connectivity index (χ1) is 10.4. The van der Waals surface area contributed by atoms with Crippen molar-refractivity contribution in [3.05, 3.63) is 41.6 Å². The van der Waals surface area contributed by atoms with Gasteiger partial charge in [-0.3, -0.25) is 4.79 Å². The van der Waals surface area contributed by atoms with Crippen LogP contribution in [0.15, 0.2) is 36.0 Å². The summed E-state index contributed by atoms with van der Waals surface area (Å²) in [6.45, 7) is 4.15. The third-order valence-electron chi connectivity index (χ3n) is 4.21. The van der Waals surface area contributed by atoms with Gasteiger partial charge in [-0.2, -0.15) is 0 Å². The van der Waals surface area contributed by atoms with E-state index in [4.69, 9.17) is 17.0 Å². The average Bonchev–Trinajstić information content (AvgIpc) is 2.44. The van der Waals surface area contributed by atoms with Crippen molar-refractivity contribution in [1.29, 1.82) is 0 Å². The number of fused-ring (bicyclic) bond motifs is 1. The smallest absolute Gasteiger partial charge is 0.171 e. The number of allylic oxidation sites excluding steroid dienone is 1. The van der Waals surface area contributed by atoms with E-state index >= 15 is 0 Å². The summed E-state index contributed by atoms with van der Waals surface area (Å²) < 4.78 is 5.20. The number of nitrogens with one attached hydrogen (secondary N) is 2. The molecule has 1 saturated heterocycles. The van der Waals surface area contributed by atoms with Gasteiger partial charge in [-0.1, -0.05) is 32.1 Å². The Bertz CT molecular complexity index is 649. The van der Waals surface area contributed by atoms with Crippen LogP contribution in [0.5, 0.6) is 5.75 Å². The number of ketones is 1. The summed E-state index contributed by atoms with van der Waals surface area (Å²) >= 11 is 5.31. The highest BCUT2D eigenvalue weighted by Crippen LogP contribution is 2.40. The molecular formula is C17H20N2O2S. The Morgan fingerprint density at radius 3 is 2.59 bits per heavy atom. The minimum Gasteiger partial charge on any atom is -0.497 e. The van der Waals surface area contributed by atoms with Crippen molar-refractivity contribution in [2.45, 2.75) is 26.3 Å². The second kappa shape index (κ2) is 5.39. The van der Waals surface area contributed by atoms with Crippen LogP contribution in [0.1, 0.15) is 31.9 Å². The van der Waals surface area contributed by atoms with E-state index < -0.39 is 0 Å². The van der Waals surface area contributed by atoms with Gasteiger partial charge in [0.2, 0.25) is 0 Å². The van der Waals surface area contributed by atoms with Crippen molar-refractivity contribution >= 4 is 23.1 Å². The molecule has 0 amide bonds. The maximum absolute atomic E-state index is 12.7. The lowest BCUT2D eigenvalue weighted by atomic mass is 9.72. The Labute approximate surface area is 135 Å². The summed E-state index contributed by atoms with van der Waals surface area (Å²) in [5.74, 6) is 0.825. The van der Waals surface area contributed by atoms with E-state index in [9.17, 15) is 4.79 Å². The van der Waals surface area contributed by atoms with Gasteiger partial charge in [0.15, 0.2) is 5.11 Å². The molecule has 116 valence electrons. The summed E-state index contributed by atoms with van der Waals surface area (Å²) in [7, 11) is 1.64. The Kier molecular flexibility index (Phi) is 3.68. The Morgan fingerprint density at radius 2 is 1.95 bits per heavy atom. The molecule has 2 aliphatic rings. The van der Waals surface area contributed by atoms with Crippen molar-refractivity contribution in [2.75, 3.05) is 7.11 Å². The molecule has 2 atom stereocenters. The quantitative estimate of drug-likeness (QED) is 0.822. The van der Waals surface area contributed by atoms with Crippen molar-refractivity contribution in [3.63, 3.8) is 0 Å². The first-order valence-corrected chi connectivity index (χ1v) is 7.77. The standard InChI is InChI=1S/C17H20N2O2S/c1-17(2)8-12-14(13(20)9-17)15(19-16(22)18-12)10-4-6-11(21-3)7-5-10/h4-8,14-15H,9H2,1-3H3,(H2,18,19,22). The number of rotatable bonds is 2. The number of hydrogen-bond acceptors (Lipinski definition) is 3. The molecule has 5 heteroatoms. The molecule has 0 bridgehead atoms. The molecule has 1 aromatic rings. The summed E-state index contributed by atoms with van der Waals surface area (Å²) in [6.07, 6.45) is 2.69. The first kappa shape index (κ1) is 15.0. The third-order valence-corrected chi connectivity index (χ3v) is 4.43. The second-order valence-corrected chi connectivity index (χ2v) is 6.97. The summed E-state index contributed by atoms with van der Waals surface area (Å²) in [6, 6.07) is 7.64. The molecular weight excluding hydrogens is 296 g/mol. The number of ether oxygens (including phenoxy) is 1. The second-order valence-electron chi connectivity index (χ2n) is 6.56. The number of Topliss-reactive ketones (excluding diaryl/α,β-unsaturated/α-hetero) is 1. The SMILES string of the molecule is COc1ccc(C2NC(=S)NC3=CC(C)(C)CC(=O)C32)cc1. The first-order valence-electron chi connectivity index (χ1n) is 7.36. The normalized spacial score (nSPS) is 26.4. The molecule has 0 radical (unpaired) electrons. The molecule has 1 heterocycles. The highest BCUT2D eigenvalue weighted by Gasteiger charge is 2.42. The summed E-state index contributed by atoms with van der Waals surface area (Å²) in [4.78, 5) is 12.7. The third kappa shape index (κ3) is 2.73. The molecule has 1 aliphatic carbocycles. The fourth-order valence-corrected chi connectivity index (χ4v) is 3.50. The van der Waals surface area contributed by atoms with E-state index in [-0.39, 0.29) is 23.2 Å². The van der Waals surface area contributed by atoms with E-state index in [0.717, 1.165) is 17.0 Å². The molecule has 1 aromatic carbocycles. The lowest BCUT2D eigenvalue weighted by Crippen LogP contribution is -2.53. The van der Waals surface area contributed by atoms with Crippen LogP contribution in [0.25, 0.3) is 0 Å². The van der Waals surface area contributed by atoms with Crippen LogP contribution in [-0.4, -0.2) is 18.0 Å². The fourth-order valence-electron chi connectivity index (χ4n) is 3.25. The predicted octanol–water partition coefficient (Wildman–Crippen LogP) is 2.71. The van der Waals surface area contributed by atoms with Crippen molar-refractivity contribution < 1.29 is 9.53 Å². The van der Waals surface area contributed by atoms with Gasteiger partial charge >= 0.3 is 0 Å². The zero-order valence-electron chi connectivity index (χ0n) is 13.0. The Hall–Kier alpha value is -1.88. The lowest BCUT2D eigenvalue weighted by Gasteiger charge is -2.41. The largest absolute Gasteiger partial charge is 0.497 e. The molecule has 2 N–H and O–H groups in total. The van der Waals surface area contributed by atoms with Crippen molar-refractivity contribution in [3.8, 4) is 5.75 Å². The van der Waals surface area contributed by atoms with Crippen LogP contribution in [-0.2, 0) is 4.79 Å². The maximum Gasteiger partial charge on any atom is 0.171 e. The topological polar surface area (TPSA) is 50.4 Å². The maximum atomic E-state index is 12.7. The zero-order chi connectivity index (χ0) is 15.9. The molecule has 3 rings (SSSR count). The molecule has 0 saturated carbocycles. The van der Waals surface area contributed by atoms with E-state index in [1.54, 1.807) is 7.11 Å². The van der Waals surface area contributed by atoms with Crippen molar-refractivity contribution in [1.82, 2.24) is 10.6 Å². The molecule has 1 aliphatic heterocycles. The van der Waals surface area contributed by atoms with Crippen LogP contribution in [0.4, 0.5) is 0 Å². The van der Waals surface area contributed by atoms with Crippen LogP contribution in [0, 0.1) is 11.3 Å². The average molecular weight is 316 g/mol. The molecule has 1 fully saturated rings. The minimum absolute atomic E-state index is 0.130. The number of carbonyl (C=O) groups excluding carboxylic acids is 1. The van der Waals surface area contributed by atoms with Gasteiger partial charge < -0.3 is 15.4 Å². The Balaban J connectivity index is 1.99. The van der Waals surface area contributed by atoms with E-state index in [1.807, 2.05) is 24.3 Å². The summed E-state index contributed by atoms with van der Waals surface area (Å²) in [5, 5.41) is 6.97. The van der Waals surface area contributed by atoms with Gasteiger partial charge in [0.05, 0.1) is 19.1 Å². The van der Waals surface area contributed by atoms with Gasteiger partial charge in [-0.25, -0.2) is 0 Å². The van der Waals surface area contributed by atoms with Crippen LogP contribution >= 0.6 is 12.2 Å². The minimum atomic E-state index is -0.215. The molecule has 2 unspecified atom stereocenters. The van der Waals surface area contributed by atoms with Crippen LogP contribution < -0.4 is 15.4 Å². The highest BCUT2D eigenvalue weighted by molar-refractivity contribution is 7.80. The predicted molar refractivity (Wildman–Crippen MR) is 89.6 cm³/mol. The number of carbonyl (C=O) groups is 1. The summed E-state index contributed by atoms with van der Waals surface area (Å²) in [5.41, 5.74) is 1.83. The van der Waals surface area contributed by atoms with Crippen LogP contribution in [0.2, 0.25) is 0 Å².